The fourth-order valence-corrected chi connectivity index (χ4v) is 4.49. The van der Waals surface area contributed by atoms with Gasteiger partial charge in [-0.25, -0.2) is 0 Å². The first kappa shape index (κ1) is 19.0. The van der Waals surface area contributed by atoms with Crippen LogP contribution in [0.5, 0.6) is 0 Å². The minimum absolute atomic E-state index is 0.0453. The molecule has 28 heavy (non-hydrogen) atoms. The van der Waals surface area contributed by atoms with Crippen molar-refractivity contribution >= 4 is 34.5 Å². The summed E-state index contributed by atoms with van der Waals surface area (Å²) in [6.07, 6.45) is 1.39. The smallest absolute Gasteiger partial charge is 0.263 e. The van der Waals surface area contributed by atoms with Gasteiger partial charge in [0.1, 0.15) is 0 Å². The van der Waals surface area contributed by atoms with Crippen LogP contribution in [0.15, 0.2) is 41.8 Å². The Morgan fingerprint density at radius 3 is 2.46 bits per heavy atom. The van der Waals surface area contributed by atoms with Gasteiger partial charge in [0.05, 0.1) is 29.5 Å². The molecule has 2 saturated heterocycles. The van der Waals surface area contributed by atoms with Crippen LogP contribution in [0, 0.1) is 5.92 Å². The van der Waals surface area contributed by atoms with Crippen molar-refractivity contribution in [2.45, 2.75) is 12.8 Å². The molecule has 0 unspecified atom stereocenters. The number of hydrogen-bond acceptors (Lipinski definition) is 5. The Morgan fingerprint density at radius 2 is 1.75 bits per heavy atom. The number of thiophene rings is 1. The standard InChI is InChI=1S/C21H25N3O3S/c25-20(16-7-9-24(10-8-16)21(26)19-6-3-15-28-19)22-17-4-1-2-5-18(17)23-11-13-27-14-12-23/h1-6,15-16H,7-14H2,(H,22,25). The number of morpholine rings is 1. The minimum atomic E-state index is -0.0647. The van der Waals surface area contributed by atoms with Crippen LogP contribution >= 0.6 is 11.3 Å². The fraction of sp³-hybridized carbons (Fsp3) is 0.429. The summed E-state index contributed by atoms with van der Waals surface area (Å²) >= 11 is 1.46. The van der Waals surface area contributed by atoms with Crippen LogP contribution < -0.4 is 10.2 Å². The van der Waals surface area contributed by atoms with Gasteiger partial charge in [-0.3, -0.25) is 9.59 Å². The fourth-order valence-electron chi connectivity index (χ4n) is 3.79. The molecule has 2 aromatic rings. The van der Waals surface area contributed by atoms with E-state index < -0.39 is 0 Å². The quantitative estimate of drug-likeness (QED) is 0.858. The normalized spacial score (nSPS) is 18.1. The summed E-state index contributed by atoms with van der Waals surface area (Å²) in [5.74, 6) is 0.0561. The molecule has 6 nitrogen and oxygen atoms in total. The van der Waals surface area contributed by atoms with Gasteiger partial charge in [-0.15, -0.1) is 11.3 Å². The van der Waals surface area contributed by atoms with Crippen LogP contribution in [0.1, 0.15) is 22.5 Å². The van der Waals surface area contributed by atoms with Gasteiger partial charge in [-0.2, -0.15) is 0 Å². The van der Waals surface area contributed by atoms with Crippen molar-refractivity contribution in [1.82, 2.24) is 4.90 Å². The molecule has 0 radical (unpaired) electrons. The summed E-state index contributed by atoms with van der Waals surface area (Å²) in [7, 11) is 0. The Labute approximate surface area is 169 Å². The first-order valence-electron chi connectivity index (χ1n) is 9.78. The summed E-state index contributed by atoms with van der Waals surface area (Å²) < 4.78 is 5.43. The van der Waals surface area contributed by atoms with Crippen LogP contribution in [0.3, 0.4) is 0 Å². The molecule has 148 valence electrons. The maximum Gasteiger partial charge on any atom is 0.263 e. The lowest BCUT2D eigenvalue weighted by molar-refractivity contribution is -0.121. The van der Waals surface area contributed by atoms with Gasteiger partial charge in [-0.05, 0) is 36.4 Å². The number of piperidine rings is 1. The number of anilines is 2. The van der Waals surface area contributed by atoms with E-state index in [1.807, 2.05) is 46.7 Å². The van der Waals surface area contributed by atoms with E-state index in [4.69, 9.17) is 4.74 Å². The maximum atomic E-state index is 12.9. The number of nitrogens with one attached hydrogen (secondary N) is 1. The highest BCUT2D eigenvalue weighted by molar-refractivity contribution is 7.12. The molecule has 4 rings (SSSR count). The van der Waals surface area contributed by atoms with Crippen molar-refractivity contribution < 1.29 is 14.3 Å². The zero-order valence-electron chi connectivity index (χ0n) is 15.8. The van der Waals surface area contributed by atoms with Crippen LogP contribution in [0.4, 0.5) is 11.4 Å². The van der Waals surface area contributed by atoms with E-state index in [-0.39, 0.29) is 17.7 Å². The molecule has 0 spiro atoms. The zero-order chi connectivity index (χ0) is 19.3. The van der Waals surface area contributed by atoms with E-state index >= 15 is 0 Å². The first-order valence-corrected chi connectivity index (χ1v) is 10.7. The summed E-state index contributed by atoms with van der Waals surface area (Å²) in [5, 5.41) is 5.04. The van der Waals surface area contributed by atoms with Gasteiger partial charge in [-0.1, -0.05) is 18.2 Å². The molecular formula is C21H25N3O3S. The molecule has 1 aromatic heterocycles. The zero-order valence-corrected chi connectivity index (χ0v) is 16.6. The molecule has 2 aliphatic heterocycles. The minimum Gasteiger partial charge on any atom is -0.378 e. The summed E-state index contributed by atoms with van der Waals surface area (Å²) in [6.45, 7) is 4.32. The van der Waals surface area contributed by atoms with Gasteiger partial charge in [0, 0.05) is 32.1 Å². The molecule has 1 aromatic carbocycles. The van der Waals surface area contributed by atoms with Crippen molar-refractivity contribution in [2.75, 3.05) is 49.6 Å². The molecule has 2 amide bonds. The Morgan fingerprint density at radius 1 is 1.00 bits per heavy atom. The molecule has 7 heteroatoms. The number of carbonyl (C=O) groups excluding carboxylic acids is 2. The second-order valence-corrected chi connectivity index (χ2v) is 8.10. The highest BCUT2D eigenvalue weighted by Gasteiger charge is 2.28. The van der Waals surface area contributed by atoms with E-state index in [1.165, 1.54) is 11.3 Å². The highest BCUT2D eigenvalue weighted by Crippen LogP contribution is 2.28. The Hall–Kier alpha value is -2.38. The monoisotopic (exact) mass is 399 g/mol. The number of carbonyl (C=O) groups is 2. The summed E-state index contributed by atoms with van der Waals surface area (Å²) in [6, 6.07) is 11.7. The number of nitrogens with zero attached hydrogens (tertiary/aromatic N) is 2. The molecule has 2 aliphatic rings. The Bertz CT molecular complexity index is 810. The van der Waals surface area contributed by atoms with E-state index in [0.29, 0.717) is 39.1 Å². The highest BCUT2D eigenvalue weighted by atomic mass is 32.1. The topological polar surface area (TPSA) is 61.9 Å². The lowest BCUT2D eigenvalue weighted by Crippen LogP contribution is -2.41. The Kier molecular flexibility index (Phi) is 5.92. The third kappa shape index (κ3) is 4.20. The van der Waals surface area contributed by atoms with Gasteiger partial charge in [0.15, 0.2) is 0 Å². The number of amides is 2. The van der Waals surface area contributed by atoms with Crippen molar-refractivity contribution in [2.24, 2.45) is 5.92 Å². The lowest BCUT2D eigenvalue weighted by atomic mass is 9.95. The molecule has 0 atom stereocenters. The van der Waals surface area contributed by atoms with Crippen LogP contribution in [0.2, 0.25) is 0 Å². The number of likely N-dealkylation sites (tertiary alicyclic amines) is 1. The van der Waals surface area contributed by atoms with Crippen LogP contribution in [0.25, 0.3) is 0 Å². The van der Waals surface area contributed by atoms with E-state index in [9.17, 15) is 9.59 Å². The molecule has 3 heterocycles. The van der Waals surface area contributed by atoms with Crippen molar-refractivity contribution in [3.8, 4) is 0 Å². The molecule has 0 aliphatic carbocycles. The second kappa shape index (κ2) is 8.75. The van der Waals surface area contributed by atoms with Crippen molar-refractivity contribution in [1.29, 1.82) is 0 Å². The average Bonchev–Trinajstić information content (AvgIpc) is 3.29. The average molecular weight is 400 g/mol. The van der Waals surface area contributed by atoms with E-state index in [2.05, 4.69) is 10.2 Å². The van der Waals surface area contributed by atoms with Gasteiger partial charge in [0.2, 0.25) is 5.91 Å². The van der Waals surface area contributed by atoms with Crippen molar-refractivity contribution in [3.63, 3.8) is 0 Å². The number of ether oxygens (including phenoxy) is 1. The predicted octanol–water partition coefficient (Wildman–Crippen LogP) is 3.08. The summed E-state index contributed by atoms with van der Waals surface area (Å²) in [5.41, 5.74) is 1.90. The first-order chi connectivity index (χ1) is 13.7. The molecule has 2 fully saturated rings. The van der Waals surface area contributed by atoms with Crippen LogP contribution in [-0.2, 0) is 9.53 Å². The number of rotatable bonds is 4. The Balaban J connectivity index is 1.36. The molecule has 1 N–H and O–H groups in total. The van der Waals surface area contributed by atoms with Gasteiger partial charge >= 0.3 is 0 Å². The van der Waals surface area contributed by atoms with E-state index in [1.54, 1.807) is 0 Å². The molecule has 0 saturated carbocycles. The molecule has 0 bridgehead atoms. The number of para-hydroxylation sites is 2. The molecular weight excluding hydrogens is 374 g/mol. The van der Waals surface area contributed by atoms with Crippen molar-refractivity contribution in [3.05, 3.63) is 46.7 Å². The predicted molar refractivity (Wildman–Crippen MR) is 111 cm³/mol. The summed E-state index contributed by atoms with van der Waals surface area (Å²) in [4.78, 5) is 30.2. The van der Waals surface area contributed by atoms with E-state index in [0.717, 1.165) is 29.3 Å². The van der Waals surface area contributed by atoms with Gasteiger partial charge in [0.25, 0.3) is 5.91 Å². The van der Waals surface area contributed by atoms with Crippen LogP contribution in [-0.4, -0.2) is 56.1 Å². The third-order valence-corrected chi connectivity index (χ3v) is 6.26. The largest absolute Gasteiger partial charge is 0.378 e. The SMILES string of the molecule is O=C(Nc1ccccc1N1CCOCC1)C1CCN(C(=O)c2cccs2)CC1. The number of hydrogen-bond donors (Lipinski definition) is 1. The van der Waals surface area contributed by atoms with Gasteiger partial charge < -0.3 is 19.9 Å². The maximum absolute atomic E-state index is 12.9. The lowest BCUT2D eigenvalue weighted by Gasteiger charge is -2.32. The second-order valence-electron chi connectivity index (χ2n) is 7.15. The third-order valence-electron chi connectivity index (χ3n) is 5.40. The number of benzene rings is 1.